The zero-order valence-corrected chi connectivity index (χ0v) is 13.2. The van der Waals surface area contributed by atoms with E-state index in [1.807, 2.05) is 0 Å². The van der Waals surface area contributed by atoms with Crippen molar-refractivity contribution in [3.63, 3.8) is 0 Å². The zero-order chi connectivity index (χ0) is 16.6. The van der Waals surface area contributed by atoms with Crippen LogP contribution in [0.5, 0.6) is 0 Å². The molecule has 2 amide bonds. The fourth-order valence-corrected chi connectivity index (χ4v) is 2.59. The van der Waals surface area contributed by atoms with Gasteiger partial charge in [0.15, 0.2) is 0 Å². The number of hydrazine groups is 1. The summed E-state index contributed by atoms with van der Waals surface area (Å²) in [6.45, 7) is 6.11. The van der Waals surface area contributed by atoms with Crippen LogP contribution in [0.25, 0.3) is 0 Å². The Labute approximate surface area is 133 Å². The molecule has 2 aromatic heterocycles. The van der Waals surface area contributed by atoms with Gasteiger partial charge in [-0.25, -0.2) is 15.0 Å². The average Bonchev–Trinajstić information content (AvgIpc) is 3.14. The third-order valence-corrected chi connectivity index (χ3v) is 3.75. The van der Waals surface area contributed by atoms with Crippen molar-refractivity contribution in [1.82, 2.24) is 25.1 Å². The van der Waals surface area contributed by atoms with Gasteiger partial charge in [-0.05, 0) is 27.2 Å². The molecule has 8 nitrogen and oxygen atoms in total. The molecule has 3 rings (SSSR count). The molecule has 23 heavy (non-hydrogen) atoms. The summed E-state index contributed by atoms with van der Waals surface area (Å²) in [6, 6.07) is 0. The van der Waals surface area contributed by atoms with Crippen molar-refractivity contribution in [2.24, 2.45) is 0 Å². The van der Waals surface area contributed by atoms with E-state index in [2.05, 4.69) is 15.1 Å². The maximum absolute atomic E-state index is 12.7. The molecular formula is C15H17N5O3. The predicted molar refractivity (Wildman–Crippen MR) is 79.4 cm³/mol. The lowest BCUT2D eigenvalue weighted by Gasteiger charge is -2.27. The first-order valence-corrected chi connectivity index (χ1v) is 7.34. The molecule has 120 valence electrons. The molecule has 0 saturated carbocycles. The molecule has 0 radical (unpaired) electrons. The highest BCUT2D eigenvalue weighted by atomic mass is 16.5. The van der Waals surface area contributed by atoms with Crippen LogP contribution >= 0.6 is 0 Å². The van der Waals surface area contributed by atoms with E-state index in [-0.39, 0.29) is 17.5 Å². The molecule has 1 aliphatic rings. The second-order valence-electron chi connectivity index (χ2n) is 5.45. The number of hydrogen-bond donors (Lipinski definition) is 0. The Bertz CT molecular complexity index is 733. The molecule has 1 saturated heterocycles. The number of rotatable bonds is 2. The van der Waals surface area contributed by atoms with Crippen molar-refractivity contribution in [2.45, 2.75) is 27.2 Å². The maximum Gasteiger partial charge on any atom is 0.292 e. The summed E-state index contributed by atoms with van der Waals surface area (Å²) in [7, 11) is 0. The first kappa shape index (κ1) is 15.1. The van der Waals surface area contributed by atoms with E-state index in [1.165, 1.54) is 22.4 Å². The lowest BCUT2D eigenvalue weighted by atomic mass is 10.2. The molecule has 0 atom stereocenters. The van der Waals surface area contributed by atoms with Crippen molar-refractivity contribution in [3.05, 3.63) is 40.8 Å². The molecule has 1 aliphatic heterocycles. The van der Waals surface area contributed by atoms with Gasteiger partial charge >= 0.3 is 0 Å². The number of carbonyl (C=O) groups is 2. The summed E-state index contributed by atoms with van der Waals surface area (Å²) in [5, 5.41) is 6.64. The van der Waals surface area contributed by atoms with Crippen LogP contribution < -0.4 is 0 Å². The van der Waals surface area contributed by atoms with Gasteiger partial charge in [0.25, 0.3) is 11.8 Å². The van der Waals surface area contributed by atoms with Crippen LogP contribution in [0.1, 0.15) is 44.4 Å². The van der Waals surface area contributed by atoms with Crippen LogP contribution in [-0.2, 0) is 0 Å². The number of nitrogens with zero attached hydrogens (tertiary/aromatic N) is 5. The van der Waals surface area contributed by atoms with Gasteiger partial charge in [-0.15, -0.1) is 0 Å². The van der Waals surface area contributed by atoms with Crippen LogP contribution in [0.2, 0.25) is 0 Å². The van der Waals surface area contributed by atoms with E-state index in [4.69, 9.17) is 4.52 Å². The summed E-state index contributed by atoms with van der Waals surface area (Å²) in [5.41, 5.74) is 1.86. The normalized spacial score (nSPS) is 14.4. The molecular weight excluding hydrogens is 298 g/mol. The lowest BCUT2D eigenvalue weighted by molar-refractivity contribution is 0.0180. The molecule has 0 aliphatic carbocycles. The predicted octanol–water partition coefficient (Wildman–Crippen LogP) is 1.29. The van der Waals surface area contributed by atoms with Crippen LogP contribution in [0.15, 0.2) is 16.9 Å². The largest absolute Gasteiger partial charge is 0.361 e. The van der Waals surface area contributed by atoms with Crippen LogP contribution in [0, 0.1) is 20.8 Å². The van der Waals surface area contributed by atoms with Crippen LogP contribution in [0.3, 0.4) is 0 Å². The highest BCUT2D eigenvalue weighted by Crippen LogP contribution is 2.21. The smallest absolute Gasteiger partial charge is 0.292 e. The Morgan fingerprint density at radius 3 is 2.30 bits per heavy atom. The lowest BCUT2D eigenvalue weighted by Crippen LogP contribution is -2.45. The van der Waals surface area contributed by atoms with Crippen molar-refractivity contribution >= 4 is 11.8 Å². The second-order valence-corrected chi connectivity index (χ2v) is 5.45. The highest BCUT2D eigenvalue weighted by Gasteiger charge is 2.34. The highest BCUT2D eigenvalue weighted by molar-refractivity contribution is 5.99. The first-order chi connectivity index (χ1) is 11.0. The maximum atomic E-state index is 12.7. The number of amides is 2. The fraction of sp³-hybridized carbons (Fsp3) is 0.400. The molecule has 0 bridgehead atoms. The van der Waals surface area contributed by atoms with Gasteiger partial charge in [-0.1, -0.05) is 5.16 Å². The van der Waals surface area contributed by atoms with Gasteiger partial charge < -0.3 is 4.52 Å². The molecule has 8 heteroatoms. The van der Waals surface area contributed by atoms with Crippen molar-refractivity contribution < 1.29 is 14.1 Å². The Kier molecular flexibility index (Phi) is 3.81. The third kappa shape index (κ3) is 2.67. The standard InChI is InChI=1S/C15H17N5O3/c1-9-7-17-12(8-16-9)14(21)19-5-4-6-20(19)15(22)13-10(2)18-23-11(13)3/h7-8H,4-6H2,1-3H3. The molecule has 0 spiro atoms. The Balaban J connectivity index is 1.87. The number of aromatic nitrogens is 3. The van der Waals surface area contributed by atoms with Crippen molar-refractivity contribution in [1.29, 1.82) is 0 Å². The van der Waals surface area contributed by atoms with Crippen molar-refractivity contribution in [3.8, 4) is 0 Å². The second kappa shape index (κ2) is 5.79. The van der Waals surface area contributed by atoms with Crippen molar-refractivity contribution in [2.75, 3.05) is 13.1 Å². The first-order valence-electron chi connectivity index (χ1n) is 7.34. The minimum Gasteiger partial charge on any atom is -0.361 e. The van der Waals surface area contributed by atoms with Gasteiger partial charge in [-0.2, -0.15) is 0 Å². The summed E-state index contributed by atoms with van der Waals surface area (Å²) < 4.78 is 5.05. The molecule has 0 N–H and O–H groups in total. The minimum atomic E-state index is -0.338. The van der Waals surface area contributed by atoms with E-state index in [0.717, 1.165) is 5.69 Å². The average molecular weight is 315 g/mol. The molecule has 0 aromatic carbocycles. The Morgan fingerprint density at radius 2 is 1.74 bits per heavy atom. The Morgan fingerprint density at radius 1 is 1.04 bits per heavy atom. The zero-order valence-electron chi connectivity index (χ0n) is 13.2. The van der Waals surface area contributed by atoms with Gasteiger partial charge in [-0.3, -0.25) is 14.6 Å². The topological polar surface area (TPSA) is 92.4 Å². The van der Waals surface area contributed by atoms with E-state index in [0.29, 0.717) is 36.5 Å². The van der Waals surface area contributed by atoms with E-state index in [1.54, 1.807) is 20.8 Å². The molecule has 2 aromatic rings. The fourth-order valence-electron chi connectivity index (χ4n) is 2.59. The quantitative estimate of drug-likeness (QED) is 0.829. The Hall–Kier alpha value is -2.77. The van der Waals surface area contributed by atoms with Gasteiger partial charge in [0.05, 0.1) is 17.6 Å². The van der Waals surface area contributed by atoms with E-state index in [9.17, 15) is 9.59 Å². The van der Waals surface area contributed by atoms with Crippen LogP contribution in [-0.4, -0.2) is 50.0 Å². The van der Waals surface area contributed by atoms with Crippen LogP contribution in [0.4, 0.5) is 0 Å². The SMILES string of the molecule is Cc1cnc(C(=O)N2CCCN2C(=O)c2c(C)noc2C)cn1. The molecule has 3 heterocycles. The van der Waals surface area contributed by atoms with Gasteiger partial charge in [0.1, 0.15) is 17.0 Å². The number of aryl methyl sites for hydroxylation is 3. The summed E-state index contributed by atoms with van der Waals surface area (Å²) in [5.74, 6) is -0.177. The number of carbonyl (C=O) groups excluding carboxylic acids is 2. The van der Waals surface area contributed by atoms with Gasteiger partial charge in [0, 0.05) is 19.3 Å². The van der Waals surface area contributed by atoms with E-state index >= 15 is 0 Å². The molecule has 1 fully saturated rings. The summed E-state index contributed by atoms with van der Waals surface area (Å²) in [6.07, 6.45) is 3.67. The third-order valence-electron chi connectivity index (χ3n) is 3.75. The summed E-state index contributed by atoms with van der Waals surface area (Å²) >= 11 is 0. The van der Waals surface area contributed by atoms with Gasteiger partial charge in [0.2, 0.25) is 0 Å². The molecule has 0 unspecified atom stereocenters. The monoisotopic (exact) mass is 315 g/mol. The van der Waals surface area contributed by atoms with E-state index < -0.39 is 0 Å². The minimum absolute atomic E-state index is 0.217. The number of hydrogen-bond acceptors (Lipinski definition) is 6. The summed E-state index contributed by atoms with van der Waals surface area (Å²) in [4.78, 5) is 33.5.